The average Bonchev–Trinajstić information content (AvgIpc) is 2.28. The van der Waals surface area contributed by atoms with Crippen molar-refractivity contribution in [1.82, 2.24) is 4.98 Å². The molecule has 1 N–H and O–H groups in total. The lowest BCUT2D eigenvalue weighted by Gasteiger charge is -2.09. The molecule has 4 nitrogen and oxygen atoms in total. The minimum absolute atomic E-state index is 0.0342. The van der Waals surface area contributed by atoms with E-state index in [0.29, 0.717) is 5.75 Å². The fraction of sp³-hybridized carbons (Fsp3) is 0.0769. The fourth-order valence-corrected chi connectivity index (χ4v) is 1.51. The van der Waals surface area contributed by atoms with Gasteiger partial charge in [-0.2, -0.15) is 0 Å². The molecule has 1 aromatic carbocycles. The number of ether oxygens (including phenoxy) is 1. The molecule has 0 bridgehead atoms. The van der Waals surface area contributed by atoms with Crippen LogP contribution in [0.3, 0.4) is 0 Å². The van der Waals surface area contributed by atoms with Gasteiger partial charge in [0.1, 0.15) is 22.9 Å². The summed E-state index contributed by atoms with van der Waals surface area (Å²) in [5.41, 5.74) is 0.243. The molecule has 0 aliphatic heterocycles. The van der Waals surface area contributed by atoms with Gasteiger partial charge in [0.05, 0.1) is 0 Å². The summed E-state index contributed by atoms with van der Waals surface area (Å²) in [6, 6.07) is 7.08. The zero-order valence-corrected chi connectivity index (χ0v) is 9.55. The van der Waals surface area contributed by atoms with Crippen molar-refractivity contribution in [1.29, 1.82) is 0 Å². The molecule has 0 aliphatic carbocycles. The Morgan fingerprint density at radius 1 is 1.39 bits per heavy atom. The highest BCUT2D eigenvalue weighted by Gasteiger charge is 2.17. The number of hydrogen-bond donors (Lipinski definition) is 1. The highest BCUT2D eigenvalue weighted by molar-refractivity contribution is 5.91. The van der Waals surface area contributed by atoms with Crippen LogP contribution in [-0.2, 0) is 0 Å². The Morgan fingerprint density at radius 2 is 2.17 bits per heavy atom. The highest BCUT2D eigenvalue weighted by atomic mass is 19.1. The van der Waals surface area contributed by atoms with E-state index >= 15 is 0 Å². The predicted molar refractivity (Wildman–Crippen MR) is 62.4 cm³/mol. The van der Waals surface area contributed by atoms with Crippen LogP contribution < -0.4 is 4.74 Å². The summed E-state index contributed by atoms with van der Waals surface area (Å²) >= 11 is 0. The molecule has 0 aliphatic rings. The number of carboxylic acid groups (broad SMARTS) is 1. The van der Waals surface area contributed by atoms with E-state index in [4.69, 9.17) is 9.84 Å². The van der Waals surface area contributed by atoms with Gasteiger partial charge < -0.3 is 9.84 Å². The molecule has 0 unspecified atom stereocenters. The largest absolute Gasteiger partial charge is 0.477 e. The van der Waals surface area contributed by atoms with Gasteiger partial charge in [-0.05, 0) is 25.1 Å². The summed E-state index contributed by atoms with van der Waals surface area (Å²) in [5.74, 6) is -1.82. The molecule has 1 aromatic heterocycles. The summed E-state index contributed by atoms with van der Waals surface area (Å²) in [5, 5.41) is 8.95. The Labute approximate surface area is 103 Å². The number of benzene rings is 1. The van der Waals surface area contributed by atoms with E-state index in [-0.39, 0.29) is 5.75 Å². The number of aromatic carboxylic acids is 1. The highest BCUT2D eigenvalue weighted by Crippen LogP contribution is 2.27. The van der Waals surface area contributed by atoms with Crippen LogP contribution in [0.4, 0.5) is 4.39 Å². The number of carboxylic acids is 1. The van der Waals surface area contributed by atoms with E-state index in [0.717, 1.165) is 11.8 Å². The molecule has 0 fully saturated rings. The van der Waals surface area contributed by atoms with Crippen LogP contribution in [0.25, 0.3) is 0 Å². The van der Waals surface area contributed by atoms with E-state index in [2.05, 4.69) is 4.98 Å². The van der Waals surface area contributed by atoms with E-state index in [1.807, 2.05) is 0 Å². The summed E-state index contributed by atoms with van der Waals surface area (Å²) in [6.07, 6.45) is 1.53. The van der Waals surface area contributed by atoms with E-state index < -0.39 is 17.3 Å². The van der Waals surface area contributed by atoms with Crippen LogP contribution in [0.15, 0.2) is 36.5 Å². The van der Waals surface area contributed by atoms with Crippen LogP contribution in [0.2, 0.25) is 0 Å². The van der Waals surface area contributed by atoms with Crippen LogP contribution >= 0.6 is 0 Å². The molecule has 0 spiro atoms. The number of hydrogen-bond acceptors (Lipinski definition) is 3. The first kappa shape index (κ1) is 12.0. The van der Waals surface area contributed by atoms with Gasteiger partial charge in [0.15, 0.2) is 0 Å². The second-order valence-corrected chi connectivity index (χ2v) is 3.65. The third-order valence-corrected chi connectivity index (χ3v) is 2.29. The second-order valence-electron chi connectivity index (χ2n) is 3.65. The molecule has 0 saturated heterocycles. The van der Waals surface area contributed by atoms with Crippen molar-refractivity contribution in [2.75, 3.05) is 0 Å². The van der Waals surface area contributed by atoms with E-state index in [1.165, 1.54) is 18.3 Å². The van der Waals surface area contributed by atoms with E-state index in [9.17, 15) is 9.18 Å². The number of aryl methyl sites for hydroxylation is 1. The zero-order chi connectivity index (χ0) is 13.1. The minimum Gasteiger partial charge on any atom is -0.477 e. The lowest BCUT2D eigenvalue weighted by atomic mass is 10.2. The lowest BCUT2D eigenvalue weighted by Crippen LogP contribution is -2.03. The SMILES string of the molecule is Cc1cc(Oc2cccc(F)c2C(=O)O)ccn1. The molecule has 1 heterocycles. The van der Waals surface area contributed by atoms with Gasteiger partial charge in [-0.25, -0.2) is 9.18 Å². The van der Waals surface area contributed by atoms with Gasteiger partial charge in [0, 0.05) is 18.0 Å². The van der Waals surface area contributed by atoms with Crippen LogP contribution in [-0.4, -0.2) is 16.1 Å². The number of halogens is 1. The molecule has 0 radical (unpaired) electrons. The van der Waals surface area contributed by atoms with Crippen molar-refractivity contribution >= 4 is 5.97 Å². The van der Waals surface area contributed by atoms with Gasteiger partial charge in [0.2, 0.25) is 0 Å². The number of pyridine rings is 1. The van der Waals surface area contributed by atoms with Crippen molar-refractivity contribution < 1.29 is 19.0 Å². The summed E-state index contributed by atoms with van der Waals surface area (Å²) < 4.78 is 18.8. The fourth-order valence-electron chi connectivity index (χ4n) is 1.51. The van der Waals surface area contributed by atoms with Gasteiger partial charge in [-0.15, -0.1) is 0 Å². The number of carbonyl (C=O) groups is 1. The second kappa shape index (κ2) is 4.83. The van der Waals surface area contributed by atoms with Crippen molar-refractivity contribution in [2.45, 2.75) is 6.92 Å². The smallest absolute Gasteiger partial charge is 0.342 e. The molecule has 18 heavy (non-hydrogen) atoms. The van der Waals surface area contributed by atoms with E-state index in [1.54, 1.807) is 19.1 Å². The quantitative estimate of drug-likeness (QED) is 0.905. The molecule has 0 saturated carbocycles. The number of rotatable bonds is 3. The summed E-state index contributed by atoms with van der Waals surface area (Å²) in [6.45, 7) is 1.77. The van der Waals surface area contributed by atoms with Gasteiger partial charge >= 0.3 is 5.97 Å². The normalized spacial score (nSPS) is 10.1. The maximum absolute atomic E-state index is 13.4. The summed E-state index contributed by atoms with van der Waals surface area (Å²) in [7, 11) is 0. The molecule has 0 amide bonds. The van der Waals surface area contributed by atoms with Crippen LogP contribution in [0, 0.1) is 12.7 Å². The molecular formula is C13H10FNO3. The van der Waals surface area contributed by atoms with Crippen molar-refractivity contribution in [3.63, 3.8) is 0 Å². The Kier molecular flexibility index (Phi) is 3.23. The molecule has 0 atom stereocenters. The van der Waals surface area contributed by atoms with Crippen LogP contribution in [0.5, 0.6) is 11.5 Å². The first-order valence-electron chi connectivity index (χ1n) is 5.20. The first-order chi connectivity index (χ1) is 8.58. The molecule has 2 rings (SSSR count). The predicted octanol–water partition coefficient (Wildman–Crippen LogP) is 3.02. The number of nitrogens with zero attached hydrogens (tertiary/aromatic N) is 1. The maximum atomic E-state index is 13.4. The summed E-state index contributed by atoms with van der Waals surface area (Å²) in [4.78, 5) is 15.0. The zero-order valence-electron chi connectivity index (χ0n) is 9.55. The topological polar surface area (TPSA) is 59.4 Å². The Balaban J connectivity index is 2.40. The maximum Gasteiger partial charge on any atom is 0.342 e. The molecule has 5 heteroatoms. The molecular weight excluding hydrogens is 237 g/mol. The lowest BCUT2D eigenvalue weighted by molar-refractivity contribution is 0.0689. The minimum atomic E-state index is -1.37. The van der Waals surface area contributed by atoms with Crippen molar-refractivity contribution in [2.24, 2.45) is 0 Å². The Morgan fingerprint density at radius 3 is 2.83 bits per heavy atom. The third-order valence-electron chi connectivity index (χ3n) is 2.29. The molecule has 2 aromatic rings. The Bertz CT molecular complexity index is 599. The van der Waals surface area contributed by atoms with Crippen LogP contribution in [0.1, 0.15) is 16.1 Å². The van der Waals surface area contributed by atoms with Gasteiger partial charge in [-0.3, -0.25) is 4.98 Å². The average molecular weight is 247 g/mol. The van der Waals surface area contributed by atoms with Gasteiger partial charge in [-0.1, -0.05) is 6.07 Å². The third kappa shape index (κ3) is 2.45. The standard InChI is InChI=1S/C13H10FNO3/c1-8-7-9(5-6-15-8)18-11-4-2-3-10(14)12(11)13(16)17/h2-7H,1H3,(H,16,17). The molecule has 92 valence electrons. The monoisotopic (exact) mass is 247 g/mol. The van der Waals surface area contributed by atoms with Crippen molar-refractivity contribution in [3.05, 3.63) is 53.6 Å². The van der Waals surface area contributed by atoms with Gasteiger partial charge in [0.25, 0.3) is 0 Å². The first-order valence-corrected chi connectivity index (χ1v) is 5.20. The number of aromatic nitrogens is 1. The van der Waals surface area contributed by atoms with Crippen molar-refractivity contribution in [3.8, 4) is 11.5 Å². The Hall–Kier alpha value is -2.43.